The Kier molecular flexibility index (Phi) is 5.19. The van der Waals surface area contributed by atoms with Crippen molar-refractivity contribution >= 4 is 0 Å². The van der Waals surface area contributed by atoms with Crippen molar-refractivity contribution < 1.29 is 9.84 Å². The summed E-state index contributed by atoms with van der Waals surface area (Å²) in [7, 11) is 0. The average Bonchev–Trinajstić information content (AvgIpc) is 2.46. The molecule has 1 aromatic rings. The molecule has 1 aliphatic rings. The molecule has 0 saturated heterocycles. The van der Waals surface area contributed by atoms with E-state index in [1.165, 1.54) is 5.56 Å². The fourth-order valence-electron chi connectivity index (χ4n) is 3.06. The topological polar surface area (TPSA) is 41.5 Å². The molecule has 0 amide bonds. The highest BCUT2D eigenvalue weighted by molar-refractivity contribution is 5.20. The molecule has 2 unspecified atom stereocenters. The highest BCUT2D eigenvalue weighted by atomic mass is 16.5. The fourth-order valence-corrected chi connectivity index (χ4v) is 3.06. The van der Waals surface area contributed by atoms with Gasteiger partial charge in [-0.2, -0.15) is 0 Å². The monoisotopic (exact) mass is 277 g/mol. The predicted molar refractivity (Wildman–Crippen MR) is 81.6 cm³/mol. The van der Waals surface area contributed by atoms with Gasteiger partial charge in [0.1, 0.15) is 0 Å². The van der Waals surface area contributed by atoms with Crippen LogP contribution in [0.4, 0.5) is 0 Å². The van der Waals surface area contributed by atoms with E-state index in [0.29, 0.717) is 12.1 Å². The van der Waals surface area contributed by atoms with Crippen molar-refractivity contribution in [3.8, 4) is 0 Å². The van der Waals surface area contributed by atoms with E-state index >= 15 is 0 Å². The molecule has 112 valence electrons. The molecular formula is C17H27NO2. The highest BCUT2D eigenvalue weighted by Crippen LogP contribution is 2.43. The number of hydrogen-bond acceptors (Lipinski definition) is 3. The summed E-state index contributed by atoms with van der Waals surface area (Å²) in [6.07, 6.45) is 2.14. The van der Waals surface area contributed by atoms with Crippen LogP contribution in [0.3, 0.4) is 0 Å². The lowest BCUT2D eigenvalue weighted by molar-refractivity contribution is -0.117. The van der Waals surface area contributed by atoms with Crippen molar-refractivity contribution in [1.29, 1.82) is 0 Å². The Morgan fingerprint density at radius 3 is 2.60 bits per heavy atom. The predicted octanol–water partition coefficient (Wildman–Crippen LogP) is 2.90. The maximum absolute atomic E-state index is 9.30. The second-order valence-electron chi connectivity index (χ2n) is 6.20. The molecule has 1 fully saturated rings. The SMILES string of the molecule is CCOC1CC(N[C@H](CCO)c2ccccc2)C1(C)C. The molecule has 1 saturated carbocycles. The molecule has 20 heavy (non-hydrogen) atoms. The zero-order valence-corrected chi connectivity index (χ0v) is 12.8. The summed E-state index contributed by atoms with van der Waals surface area (Å²) >= 11 is 0. The van der Waals surface area contributed by atoms with Gasteiger partial charge >= 0.3 is 0 Å². The summed E-state index contributed by atoms with van der Waals surface area (Å²) in [6, 6.07) is 11.0. The van der Waals surface area contributed by atoms with Gasteiger partial charge in [0, 0.05) is 30.7 Å². The molecule has 2 rings (SSSR count). The van der Waals surface area contributed by atoms with E-state index in [4.69, 9.17) is 4.74 Å². The Bertz CT molecular complexity index is 405. The number of nitrogens with one attached hydrogen (secondary N) is 1. The number of aliphatic hydroxyl groups is 1. The third kappa shape index (κ3) is 3.22. The molecule has 1 aliphatic carbocycles. The fraction of sp³-hybridized carbons (Fsp3) is 0.647. The van der Waals surface area contributed by atoms with Crippen LogP contribution in [0.25, 0.3) is 0 Å². The summed E-state index contributed by atoms with van der Waals surface area (Å²) in [5.74, 6) is 0. The van der Waals surface area contributed by atoms with Crippen LogP contribution in [0.2, 0.25) is 0 Å². The van der Waals surface area contributed by atoms with Crippen LogP contribution in [0, 0.1) is 5.41 Å². The number of rotatable bonds is 7. The Labute approximate surface area is 122 Å². The minimum absolute atomic E-state index is 0.151. The lowest BCUT2D eigenvalue weighted by atomic mass is 9.64. The van der Waals surface area contributed by atoms with Crippen LogP contribution in [-0.2, 0) is 4.74 Å². The standard InChI is InChI=1S/C17H27NO2/c1-4-20-16-12-15(17(16,2)3)18-14(10-11-19)13-8-6-5-7-9-13/h5-9,14-16,18-19H,4,10-12H2,1-3H3/t14-,15?,16?/m1/s1. The van der Waals surface area contributed by atoms with Crippen LogP contribution in [-0.4, -0.2) is 30.5 Å². The van der Waals surface area contributed by atoms with Crippen LogP contribution >= 0.6 is 0 Å². The van der Waals surface area contributed by atoms with Gasteiger partial charge in [-0.3, -0.25) is 0 Å². The number of ether oxygens (including phenoxy) is 1. The van der Waals surface area contributed by atoms with Gasteiger partial charge in [0.15, 0.2) is 0 Å². The van der Waals surface area contributed by atoms with E-state index < -0.39 is 0 Å². The number of hydrogen-bond donors (Lipinski definition) is 2. The minimum atomic E-state index is 0.151. The van der Waals surface area contributed by atoms with Crippen LogP contribution in [0.15, 0.2) is 30.3 Å². The molecule has 1 aromatic carbocycles. The lowest BCUT2D eigenvalue weighted by Crippen LogP contribution is -2.61. The van der Waals surface area contributed by atoms with Crippen molar-refractivity contribution in [1.82, 2.24) is 5.32 Å². The van der Waals surface area contributed by atoms with Gasteiger partial charge < -0.3 is 15.2 Å². The van der Waals surface area contributed by atoms with Crippen molar-refractivity contribution in [2.75, 3.05) is 13.2 Å². The zero-order valence-electron chi connectivity index (χ0n) is 12.8. The van der Waals surface area contributed by atoms with E-state index in [1.54, 1.807) is 0 Å². The Hall–Kier alpha value is -0.900. The second kappa shape index (κ2) is 6.70. The van der Waals surface area contributed by atoms with E-state index in [0.717, 1.165) is 19.4 Å². The maximum atomic E-state index is 9.30. The van der Waals surface area contributed by atoms with Gasteiger partial charge in [0.2, 0.25) is 0 Å². The smallest absolute Gasteiger partial charge is 0.0655 e. The normalized spacial score (nSPS) is 26.0. The first-order chi connectivity index (χ1) is 9.59. The molecule has 3 nitrogen and oxygen atoms in total. The molecule has 0 heterocycles. The van der Waals surface area contributed by atoms with Gasteiger partial charge in [-0.1, -0.05) is 44.2 Å². The maximum Gasteiger partial charge on any atom is 0.0655 e. The first-order valence-electron chi connectivity index (χ1n) is 7.63. The summed E-state index contributed by atoms with van der Waals surface area (Å²) in [6.45, 7) is 7.55. The molecule has 0 spiro atoms. The third-order valence-corrected chi connectivity index (χ3v) is 4.57. The largest absolute Gasteiger partial charge is 0.396 e. The number of aliphatic hydroxyl groups excluding tert-OH is 1. The lowest BCUT2D eigenvalue weighted by Gasteiger charge is -2.53. The van der Waals surface area contributed by atoms with Crippen LogP contribution in [0.1, 0.15) is 45.2 Å². The first kappa shape index (κ1) is 15.5. The Morgan fingerprint density at radius 2 is 2.05 bits per heavy atom. The van der Waals surface area contributed by atoms with Crippen molar-refractivity contribution in [2.45, 2.75) is 51.8 Å². The van der Waals surface area contributed by atoms with Crippen LogP contribution < -0.4 is 5.32 Å². The molecule has 3 atom stereocenters. The Balaban J connectivity index is 2.00. The summed E-state index contributed by atoms with van der Waals surface area (Å²) in [5.41, 5.74) is 1.40. The molecule has 3 heteroatoms. The van der Waals surface area contributed by atoms with Gasteiger partial charge in [-0.15, -0.1) is 0 Å². The van der Waals surface area contributed by atoms with Gasteiger partial charge in [0.05, 0.1) is 6.10 Å². The minimum Gasteiger partial charge on any atom is -0.396 e. The number of benzene rings is 1. The van der Waals surface area contributed by atoms with E-state index in [2.05, 4.69) is 50.4 Å². The van der Waals surface area contributed by atoms with Crippen LogP contribution in [0.5, 0.6) is 0 Å². The van der Waals surface area contributed by atoms with Gasteiger partial charge in [0.25, 0.3) is 0 Å². The highest BCUT2D eigenvalue weighted by Gasteiger charge is 2.49. The van der Waals surface area contributed by atoms with Crippen molar-refractivity contribution in [3.63, 3.8) is 0 Å². The van der Waals surface area contributed by atoms with E-state index in [1.807, 2.05) is 6.07 Å². The molecule has 0 aliphatic heterocycles. The second-order valence-corrected chi connectivity index (χ2v) is 6.20. The molecule has 0 aromatic heterocycles. The van der Waals surface area contributed by atoms with E-state index in [-0.39, 0.29) is 18.1 Å². The first-order valence-corrected chi connectivity index (χ1v) is 7.63. The van der Waals surface area contributed by atoms with E-state index in [9.17, 15) is 5.11 Å². The molecule has 2 N–H and O–H groups in total. The molecule has 0 radical (unpaired) electrons. The average molecular weight is 277 g/mol. The van der Waals surface area contributed by atoms with Gasteiger partial charge in [-0.25, -0.2) is 0 Å². The van der Waals surface area contributed by atoms with Crippen molar-refractivity contribution in [3.05, 3.63) is 35.9 Å². The summed E-state index contributed by atoms with van der Waals surface area (Å²) in [4.78, 5) is 0. The third-order valence-electron chi connectivity index (χ3n) is 4.57. The zero-order chi connectivity index (χ0) is 14.6. The van der Waals surface area contributed by atoms with Gasteiger partial charge in [-0.05, 0) is 25.3 Å². The summed E-state index contributed by atoms with van der Waals surface area (Å²) < 4.78 is 5.78. The Morgan fingerprint density at radius 1 is 1.35 bits per heavy atom. The molecular weight excluding hydrogens is 250 g/mol. The quantitative estimate of drug-likeness (QED) is 0.805. The summed E-state index contributed by atoms with van der Waals surface area (Å²) in [5, 5.41) is 13.0. The van der Waals surface area contributed by atoms with Crippen molar-refractivity contribution in [2.24, 2.45) is 5.41 Å². The molecule has 0 bridgehead atoms.